The minimum absolute atomic E-state index is 0.503. The summed E-state index contributed by atoms with van der Waals surface area (Å²) in [5, 5.41) is 0. The van der Waals surface area contributed by atoms with Crippen molar-refractivity contribution < 1.29 is 0 Å². The second-order valence-electron chi connectivity index (χ2n) is 11.9. The molecule has 0 unspecified atom stereocenters. The maximum Gasteiger partial charge on any atom is -0.00476 e. The van der Waals surface area contributed by atoms with Gasteiger partial charge in [0.05, 0.1) is 0 Å². The van der Waals surface area contributed by atoms with Crippen LogP contribution in [-0.4, -0.2) is 0 Å². The number of allylic oxidation sites excluding steroid dienone is 4. The van der Waals surface area contributed by atoms with Crippen molar-refractivity contribution in [2.75, 3.05) is 0 Å². The second-order valence-corrected chi connectivity index (χ2v) is 11.9. The third-order valence-electron chi connectivity index (χ3n) is 10.7. The lowest BCUT2D eigenvalue weighted by atomic mass is 9.50. The van der Waals surface area contributed by atoms with Crippen LogP contribution in [0.4, 0.5) is 0 Å². The Morgan fingerprint density at radius 1 is 0.931 bits per heavy atom. The van der Waals surface area contributed by atoms with Gasteiger partial charge in [0.15, 0.2) is 0 Å². The molecule has 3 fully saturated rings. The molecule has 0 aliphatic heterocycles. The molecule has 0 saturated heterocycles. The Bertz CT molecular complexity index is 634. The van der Waals surface area contributed by atoms with Crippen molar-refractivity contribution in [2.24, 2.45) is 40.4 Å². The zero-order valence-corrected chi connectivity index (χ0v) is 20.2. The molecule has 0 N–H and O–H groups in total. The highest BCUT2D eigenvalue weighted by Crippen LogP contribution is 2.66. The van der Waals surface area contributed by atoms with E-state index < -0.39 is 0 Å². The highest BCUT2D eigenvalue weighted by molar-refractivity contribution is 5.38. The molecule has 4 aliphatic rings. The van der Waals surface area contributed by atoms with Gasteiger partial charge in [-0.15, -0.1) is 0 Å². The van der Waals surface area contributed by atoms with Gasteiger partial charge >= 0.3 is 0 Å². The van der Waals surface area contributed by atoms with E-state index in [1.54, 1.807) is 5.57 Å². The van der Waals surface area contributed by atoms with Crippen LogP contribution in [0, 0.1) is 40.4 Å². The summed E-state index contributed by atoms with van der Waals surface area (Å²) in [7, 11) is 0. The molecule has 4 rings (SSSR count). The summed E-state index contributed by atoms with van der Waals surface area (Å²) in [5.41, 5.74) is 4.76. The maximum absolute atomic E-state index is 2.70. The predicted octanol–water partition coefficient (Wildman–Crippen LogP) is 9.12. The van der Waals surface area contributed by atoms with Gasteiger partial charge in [0.1, 0.15) is 0 Å². The van der Waals surface area contributed by atoms with Gasteiger partial charge in [0, 0.05) is 0 Å². The molecule has 29 heavy (non-hydrogen) atoms. The van der Waals surface area contributed by atoms with Crippen molar-refractivity contribution in [1.82, 2.24) is 0 Å². The Labute approximate surface area is 182 Å². The summed E-state index contributed by atoms with van der Waals surface area (Å²) < 4.78 is 0. The lowest BCUT2D eigenvalue weighted by molar-refractivity contribution is 0.0476. The Morgan fingerprint density at radius 3 is 2.48 bits per heavy atom. The Kier molecular flexibility index (Phi) is 6.40. The zero-order valence-electron chi connectivity index (χ0n) is 20.2. The standard InChI is InChI=1S/C29H48/c1-6-22(7-2)12-10-11-21(3)25-16-17-26-24-15-14-23-13-8-9-19-28(23,4)27(24)18-20-29(25,26)5/h14-15,21-22,25-27H,6-13,16-20H2,1-5H3/t21-,25-,26+,27+,28+,29-/m1/s1. The number of rotatable bonds is 7. The number of hydrogen-bond acceptors (Lipinski definition) is 0. The molecule has 3 saturated carbocycles. The van der Waals surface area contributed by atoms with Crippen molar-refractivity contribution >= 4 is 0 Å². The SMILES string of the molecule is CCC(CC)CCC[C@@H](C)[C@H]1CC[C@H]2C3=CC=C4CCCC[C@]4(C)[C@H]3CC[C@]12C. The van der Waals surface area contributed by atoms with Gasteiger partial charge in [-0.2, -0.15) is 0 Å². The molecule has 0 heteroatoms. The molecule has 0 bridgehead atoms. The van der Waals surface area contributed by atoms with Crippen LogP contribution in [0.25, 0.3) is 0 Å². The molecule has 164 valence electrons. The Hall–Kier alpha value is -0.520. The molecular weight excluding hydrogens is 348 g/mol. The summed E-state index contributed by atoms with van der Waals surface area (Å²) in [6.07, 6.45) is 24.0. The van der Waals surface area contributed by atoms with Crippen LogP contribution in [0.1, 0.15) is 118 Å². The third kappa shape index (κ3) is 3.70. The summed E-state index contributed by atoms with van der Waals surface area (Å²) in [4.78, 5) is 0. The average Bonchev–Trinajstić information content (AvgIpc) is 3.08. The number of fused-ring (bicyclic) bond motifs is 5. The fourth-order valence-corrected chi connectivity index (χ4v) is 8.64. The molecule has 0 radical (unpaired) electrons. The van der Waals surface area contributed by atoms with E-state index in [9.17, 15) is 0 Å². The van der Waals surface area contributed by atoms with Gasteiger partial charge in [-0.1, -0.05) is 96.4 Å². The Balaban J connectivity index is 1.46. The zero-order chi connectivity index (χ0) is 20.6. The van der Waals surface area contributed by atoms with E-state index >= 15 is 0 Å². The fourth-order valence-electron chi connectivity index (χ4n) is 8.64. The first kappa shape index (κ1) is 21.7. The molecule has 0 aromatic rings. The highest BCUT2D eigenvalue weighted by Gasteiger charge is 2.56. The molecular formula is C29H48. The van der Waals surface area contributed by atoms with Gasteiger partial charge in [-0.25, -0.2) is 0 Å². The lowest BCUT2D eigenvalue weighted by Crippen LogP contribution is -2.45. The van der Waals surface area contributed by atoms with Gasteiger partial charge < -0.3 is 0 Å². The van der Waals surface area contributed by atoms with Crippen LogP contribution in [0.5, 0.6) is 0 Å². The van der Waals surface area contributed by atoms with E-state index in [-0.39, 0.29) is 0 Å². The van der Waals surface area contributed by atoms with E-state index in [4.69, 9.17) is 0 Å². The first-order valence-corrected chi connectivity index (χ1v) is 13.3. The van der Waals surface area contributed by atoms with E-state index in [1.165, 1.54) is 83.5 Å². The van der Waals surface area contributed by atoms with Crippen LogP contribution in [0.2, 0.25) is 0 Å². The van der Waals surface area contributed by atoms with Crippen molar-refractivity contribution in [3.05, 3.63) is 23.3 Å². The summed E-state index contributed by atoms with van der Waals surface area (Å²) in [5.74, 6) is 4.58. The van der Waals surface area contributed by atoms with Crippen molar-refractivity contribution in [2.45, 2.75) is 118 Å². The van der Waals surface area contributed by atoms with Gasteiger partial charge in [-0.05, 0) is 85.4 Å². The van der Waals surface area contributed by atoms with E-state index in [2.05, 4.69) is 46.8 Å². The van der Waals surface area contributed by atoms with Crippen LogP contribution in [0.3, 0.4) is 0 Å². The quantitative estimate of drug-likeness (QED) is 0.402. The minimum atomic E-state index is 0.503. The minimum Gasteiger partial charge on any atom is -0.0651 e. The average molecular weight is 397 g/mol. The molecule has 0 heterocycles. The summed E-state index contributed by atoms with van der Waals surface area (Å²) in [6.45, 7) is 12.7. The monoisotopic (exact) mass is 396 g/mol. The smallest absolute Gasteiger partial charge is 0.00476 e. The van der Waals surface area contributed by atoms with Crippen LogP contribution >= 0.6 is 0 Å². The molecule has 0 nitrogen and oxygen atoms in total. The van der Waals surface area contributed by atoms with Crippen molar-refractivity contribution in [3.8, 4) is 0 Å². The van der Waals surface area contributed by atoms with Crippen LogP contribution in [-0.2, 0) is 0 Å². The second kappa shape index (κ2) is 8.55. The molecule has 0 aromatic heterocycles. The molecule has 6 atom stereocenters. The largest absolute Gasteiger partial charge is 0.0651 e. The topological polar surface area (TPSA) is 0 Å². The van der Waals surface area contributed by atoms with Gasteiger partial charge in [0.2, 0.25) is 0 Å². The van der Waals surface area contributed by atoms with E-state index in [0.29, 0.717) is 10.8 Å². The van der Waals surface area contributed by atoms with Crippen molar-refractivity contribution in [3.63, 3.8) is 0 Å². The lowest BCUT2D eigenvalue weighted by Gasteiger charge is -2.54. The predicted molar refractivity (Wildman–Crippen MR) is 127 cm³/mol. The van der Waals surface area contributed by atoms with E-state index in [0.717, 1.165) is 29.6 Å². The van der Waals surface area contributed by atoms with Crippen LogP contribution in [0.15, 0.2) is 23.3 Å². The Morgan fingerprint density at radius 2 is 1.72 bits per heavy atom. The first-order valence-electron chi connectivity index (χ1n) is 13.3. The molecule has 0 spiro atoms. The molecule has 0 aromatic carbocycles. The van der Waals surface area contributed by atoms with Gasteiger partial charge in [-0.3, -0.25) is 0 Å². The third-order valence-corrected chi connectivity index (χ3v) is 10.7. The highest BCUT2D eigenvalue weighted by atomic mass is 14.6. The van der Waals surface area contributed by atoms with Gasteiger partial charge in [0.25, 0.3) is 0 Å². The fraction of sp³-hybridized carbons (Fsp3) is 0.862. The molecule has 4 aliphatic carbocycles. The van der Waals surface area contributed by atoms with E-state index in [1.807, 2.05) is 5.57 Å². The summed E-state index contributed by atoms with van der Waals surface area (Å²) >= 11 is 0. The number of hydrogen-bond donors (Lipinski definition) is 0. The maximum atomic E-state index is 2.70. The van der Waals surface area contributed by atoms with Crippen molar-refractivity contribution in [1.29, 1.82) is 0 Å². The first-order chi connectivity index (χ1) is 13.9. The normalized spacial score (nSPS) is 40.0. The summed E-state index contributed by atoms with van der Waals surface area (Å²) in [6, 6.07) is 0. The molecule has 0 amide bonds. The van der Waals surface area contributed by atoms with Crippen LogP contribution < -0.4 is 0 Å².